The second kappa shape index (κ2) is 5.32. The second-order valence-electron chi connectivity index (χ2n) is 3.29. The molecule has 1 fully saturated rings. The zero-order valence-electron chi connectivity index (χ0n) is 7.69. The molecule has 0 bridgehead atoms. The van der Waals surface area contributed by atoms with Crippen LogP contribution in [0.25, 0.3) is 0 Å². The molecule has 0 saturated carbocycles. The molecule has 1 saturated heterocycles. The normalized spacial score (nSPS) is 23.4. The van der Waals surface area contributed by atoms with Gasteiger partial charge in [-0.15, -0.1) is 0 Å². The topological polar surface area (TPSA) is 12.5 Å². The van der Waals surface area contributed by atoms with Crippen LogP contribution in [0, 0.1) is 0 Å². The van der Waals surface area contributed by atoms with Crippen molar-refractivity contribution in [3.05, 3.63) is 0 Å². The number of rotatable bonds is 4. The monoisotopic (exact) mass is 275 g/mol. The van der Waals surface area contributed by atoms with Gasteiger partial charge in [-0.3, -0.25) is 4.90 Å². The third kappa shape index (κ3) is 4.14. The van der Waals surface area contributed by atoms with E-state index in [-0.39, 0.29) is 6.04 Å². The van der Waals surface area contributed by atoms with Crippen LogP contribution in [-0.2, 0) is 4.74 Å². The first kappa shape index (κ1) is 12.3. The Balaban J connectivity index is 2.45. The van der Waals surface area contributed by atoms with Crippen LogP contribution in [0.1, 0.15) is 6.42 Å². The van der Waals surface area contributed by atoms with E-state index in [4.69, 9.17) is 4.74 Å². The lowest BCUT2D eigenvalue weighted by molar-refractivity contribution is -0.150. The molecule has 1 rings (SSSR count). The Bertz CT molecular complexity index is 170. The van der Waals surface area contributed by atoms with Gasteiger partial charge in [0.25, 0.3) is 0 Å². The van der Waals surface area contributed by atoms with E-state index in [0.717, 1.165) is 0 Å². The Morgan fingerprint density at radius 3 is 2.57 bits per heavy atom. The van der Waals surface area contributed by atoms with Crippen LogP contribution in [0.2, 0.25) is 0 Å². The van der Waals surface area contributed by atoms with Crippen LogP contribution in [0.15, 0.2) is 0 Å². The van der Waals surface area contributed by atoms with E-state index in [2.05, 4.69) is 15.9 Å². The van der Waals surface area contributed by atoms with Gasteiger partial charge in [0.1, 0.15) is 0 Å². The molecule has 84 valence electrons. The molecule has 1 atom stereocenters. The van der Waals surface area contributed by atoms with Gasteiger partial charge in [-0.2, -0.15) is 13.2 Å². The number of hydrogen-bond donors (Lipinski definition) is 0. The van der Waals surface area contributed by atoms with E-state index in [1.54, 1.807) is 0 Å². The van der Waals surface area contributed by atoms with Gasteiger partial charge in [-0.1, -0.05) is 15.9 Å². The molecular formula is C8H13BrF3NO. The van der Waals surface area contributed by atoms with Crippen LogP contribution in [0.3, 0.4) is 0 Å². The van der Waals surface area contributed by atoms with E-state index in [9.17, 15) is 13.2 Å². The number of nitrogens with zero attached hydrogens (tertiary/aromatic N) is 1. The summed E-state index contributed by atoms with van der Waals surface area (Å²) in [5.41, 5.74) is 0. The smallest absolute Gasteiger partial charge is 0.380 e. The van der Waals surface area contributed by atoms with Gasteiger partial charge >= 0.3 is 6.18 Å². The van der Waals surface area contributed by atoms with Crippen molar-refractivity contribution in [3.8, 4) is 0 Å². The van der Waals surface area contributed by atoms with E-state index in [1.807, 2.05) is 0 Å². The Labute approximate surface area is 89.5 Å². The molecule has 0 aromatic rings. The van der Waals surface area contributed by atoms with Crippen molar-refractivity contribution >= 4 is 15.9 Å². The number of alkyl halides is 4. The molecule has 0 N–H and O–H groups in total. The largest absolute Gasteiger partial charge is 0.401 e. The van der Waals surface area contributed by atoms with Crippen molar-refractivity contribution in [1.82, 2.24) is 4.90 Å². The molecule has 1 unspecified atom stereocenters. The molecule has 1 aliphatic rings. The molecule has 2 nitrogen and oxygen atoms in total. The van der Waals surface area contributed by atoms with E-state index in [1.165, 1.54) is 4.90 Å². The van der Waals surface area contributed by atoms with Crippen molar-refractivity contribution in [1.29, 1.82) is 0 Å². The average Bonchev–Trinajstić information content (AvgIpc) is 2.52. The fourth-order valence-electron chi connectivity index (χ4n) is 1.54. The van der Waals surface area contributed by atoms with Crippen molar-refractivity contribution in [3.63, 3.8) is 0 Å². The SMILES string of the molecule is FC(F)(F)CN(CCBr)C1CCOC1. The third-order valence-corrected chi connectivity index (χ3v) is 2.53. The summed E-state index contributed by atoms with van der Waals surface area (Å²) >= 11 is 3.15. The minimum Gasteiger partial charge on any atom is -0.380 e. The zero-order valence-corrected chi connectivity index (χ0v) is 9.27. The Hall–Kier alpha value is 0.190. The highest BCUT2D eigenvalue weighted by Crippen LogP contribution is 2.21. The molecule has 0 spiro atoms. The van der Waals surface area contributed by atoms with Gasteiger partial charge in [0.2, 0.25) is 0 Å². The molecule has 0 aromatic carbocycles. The Morgan fingerprint density at radius 1 is 1.43 bits per heavy atom. The molecule has 0 amide bonds. The van der Waals surface area contributed by atoms with Crippen LogP contribution >= 0.6 is 15.9 Å². The maximum atomic E-state index is 12.2. The molecule has 0 aliphatic carbocycles. The van der Waals surface area contributed by atoms with Crippen LogP contribution in [0.5, 0.6) is 0 Å². The molecule has 0 aromatic heterocycles. The predicted molar refractivity (Wildman–Crippen MR) is 50.6 cm³/mol. The summed E-state index contributed by atoms with van der Waals surface area (Å²) in [7, 11) is 0. The lowest BCUT2D eigenvalue weighted by Gasteiger charge is -2.27. The number of halogens is 4. The first-order chi connectivity index (χ1) is 6.53. The Kier molecular flexibility index (Phi) is 4.66. The molecule has 14 heavy (non-hydrogen) atoms. The minimum absolute atomic E-state index is 0.0748. The summed E-state index contributed by atoms with van der Waals surface area (Å²) in [5.74, 6) is 0. The number of hydrogen-bond acceptors (Lipinski definition) is 2. The maximum absolute atomic E-state index is 12.2. The quantitative estimate of drug-likeness (QED) is 0.728. The highest BCUT2D eigenvalue weighted by atomic mass is 79.9. The zero-order chi connectivity index (χ0) is 10.6. The standard InChI is InChI=1S/C8H13BrF3NO/c9-2-3-13(6-8(10,11)12)7-1-4-14-5-7/h7H,1-6H2. The van der Waals surface area contributed by atoms with Crippen molar-refractivity contribution in [2.24, 2.45) is 0 Å². The predicted octanol–water partition coefficient (Wildman–Crippen LogP) is 2.03. The summed E-state index contributed by atoms with van der Waals surface area (Å²) < 4.78 is 41.6. The lowest BCUT2D eigenvalue weighted by Crippen LogP contribution is -2.43. The van der Waals surface area contributed by atoms with Crippen molar-refractivity contribution in [2.45, 2.75) is 18.6 Å². The summed E-state index contributed by atoms with van der Waals surface area (Å²) in [4.78, 5) is 1.43. The van der Waals surface area contributed by atoms with Crippen LogP contribution < -0.4 is 0 Å². The van der Waals surface area contributed by atoms with Gasteiger partial charge in [0.15, 0.2) is 0 Å². The summed E-state index contributed by atoms with van der Waals surface area (Å²) in [6, 6.07) is -0.0748. The average molecular weight is 276 g/mol. The highest BCUT2D eigenvalue weighted by Gasteiger charge is 2.34. The first-order valence-electron chi connectivity index (χ1n) is 4.47. The third-order valence-electron chi connectivity index (χ3n) is 2.18. The van der Waals surface area contributed by atoms with Gasteiger partial charge in [0.05, 0.1) is 13.2 Å². The number of ether oxygens (including phenoxy) is 1. The van der Waals surface area contributed by atoms with Crippen LogP contribution in [-0.4, -0.2) is 48.8 Å². The van der Waals surface area contributed by atoms with Crippen LogP contribution in [0.4, 0.5) is 13.2 Å². The van der Waals surface area contributed by atoms with Gasteiger partial charge in [-0.25, -0.2) is 0 Å². The molecule has 1 aliphatic heterocycles. The first-order valence-corrected chi connectivity index (χ1v) is 5.59. The van der Waals surface area contributed by atoms with Gasteiger partial charge < -0.3 is 4.74 Å². The summed E-state index contributed by atoms with van der Waals surface area (Å²) in [6.45, 7) is 0.560. The molecule has 0 radical (unpaired) electrons. The summed E-state index contributed by atoms with van der Waals surface area (Å²) in [6.07, 6.45) is -3.42. The minimum atomic E-state index is -4.12. The Morgan fingerprint density at radius 2 is 2.14 bits per heavy atom. The molecule has 6 heteroatoms. The fourth-order valence-corrected chi connectivity index (χ4v) is 2.00. The lowest BCUT2D eigenvalue weighted by atomic mass is 10.2. The maximum Gasteiger partial charge on any atom is 0.401 e. The van der Waals surface area contributed by atoms with Gasteiger partial charge in [-0.05, 0) is 6.42 Å². The molecular weight excluding hydrogens is 263 g/mol. The fraction of sp³-hybridized carbons (Fsp3) is 1.00. The highest BCUT2D eigenvalue weighted by molar-refractivity contribution is 9.09. The van der Waals surface area contributed by atoms with Gasteiger partial charge in [0, 0.05) is 24.5 Å². The van der Waals surface area contributed by atoms with E-state index < -0.39 is 12.7 Å². The van der Waals surface area contributed by atoms with E-state index >= 15 is 0 Å². The van der Waals surface area contributed by atoms with E-state index in [0.29, 0.717) is 31.5 Å². The second-order valence-corrected chi connectivity index (χ2v) is 4.09. The summed E-state index contributed by atoms with van der Waals surface area (Å²) in [5, 5.41) is 0.555. The molecule has 1 heterocycles. The van der Waals surface area contributed by atoms with Crippen molar-refractivity contribution < 1.29 is 17.9 Å². The van der Waals surface area contributed by atoms with Crippen molar-refractivity contribution in [2.75, 3.05) is 31.6 Å².